The van der Waals surface area contributed by atoms with E-state index < -0.39 is 10.1 Å². The molecule has 0 aliphatic heterocycles. The summed E-state index contributed by atoms with van der Waals surface area (Å²) in [6.07, 6.45) is 0. The van der Waals surface area contributed by atoms with Crippen molar-refractivity contribution in [1.82, 2.24) is 0 Å². The van der Waals surface area contributed by atoms with E-state index in [1.807, 2.05) is 24.3 Å². The summed E-state index contributed by atoms with van der Waals surface area (Å²) in [7, 11) is -4.42. The molecule has 0 aliphatic rings. The molecule has 0 fully saturated rings. The van der Waals surface area contributed by atoms with Gasteiger partial charge in [0, 0.05) is 3.57 Å². The molecule has 112 valence electrons. The fraction of sp³-hybridized carbons (Fsp3) is 0.143. The predicted molar refractivity (Wildman–Crippen MR) is 84.6 cm³/mol. The third kappa shape index (κ3) is 5.18. The molecule has 0 saturated carbocycles. The van der Waals surface area contributed by atoms with Crippen molar-refractivity contribution in [3.8, 4) is 11.5 Å². The molecule has 2 rings (SSSR count). The van der Waals surface area contributed by atoms with E-state index in [9.17, 15) is 13.0 Å². The second-order valence-electron chi connectivity index (χ2n) is 4.08. The topological polar surface area (TPSA) is 75.7 Å². The van der Waals surface area contributed by atoms with Gasteiger partial charge in [0.05, 0.1) is 4.90 Å². The number of halogens is 1. The Balaban J connectivity index is 1.80. The molecule has 7 heteroatoms. The summed E-state index contributed by atoms with van der Waals surface area (Å²) in [5, 5.41) is 0. The van der Waals surface area contributed by atoms with Crippen molar-refractivity contribution in [3.63, 3.8) is 0 Å². The van der Waals surface area contributed by atoms with Crippen LogP contribution in [0.5, 0.6) is 11.5 Å². The van der Waals surface area contributed by atoms with Crippen LogP contribution in [0.25, 0.3) is 0 Å². The Kier molecular flexibility index (Phi) is 5.43. The summed E-state index contributed by atoms with van der Waals surface area (Å²) in [6.45, 7) is 0.678. The largest absolute Gasteiger partial charge is 0.744 e. The highest BCUT2D eigenvalue weighted by atomic mass is 127. The summed E-state index contributed by atoms with van der Waals surface area (Å²) in [4.78, 5) is -0.273. The smallest absolute Gasteiger partial charge is 0.124 e. The highest BCUT2D eigenvalue weighted by Crippen LogP contribution is 2.16. The Morgan fingerprint density at radius 3 is 1.71 bits per heavy atom. The molecule has 0 amide bonds. The van der Waals surface area contributed by atoms with Crippen molar-refractivity contribution < 1.29 is 22.4 Å². The normalized spacial score (nSPS) is 11.1. The lowest BCUT2D eigenvalue weighted by atomic mass is 10.3. The van der Waals surface area contributed by atoms with Crippen molar-refractivity contribution >= 4 is 32.7 Å². The van der Waals surface area contributed by atoms with Crippen molar-refractivity contribution in [1.29, 1.82) is 0 Å². The van der Waals surface area contributed by atoms with Crippen LogP contribution in [0, 0.1) is 3.57 Å². The van der Waals surface area contributed by atoms with Crippen molar-refractivity contribution in [3.05, 3.63) is 52.1 Å². The van der Waals surface area contributed by atoms with Gasteiger partial charge >= 0.3 is 0 Å². The van der Waals surface area contributed by atoms with Gasteiger partial charge in [-0.1, -0.05) is 0 Å². The second-order valence-corrected chi connectivity index (χ2v) is 6.70. The standard InChI is InChI=1S/C14H13IO5S/c15-11-1-3-12(4-2-11)19-9-10-20-13-5-7-14(8-6-13)21(16,17)18/h1-8H,9-10H2,(H,16,17,18)/p-1. The number of hydrogen-bond donors (Lipinski definition) is 0. The zero-order chi connectivity index (χ0) is 15.3. The van der Waals surface area contributed by atoms with Crippen LogP contribution in [0.1, 0.15) is 0 Å². The lowest BCUT2D eigenvalue weighted by Gasteiger charge is -2.10. The fourth-order valence-electron chi connectivity index (χ4n) is 1.55. The molecule has 5 nitrogen and oxygen atoms in total. The first-order chi connectivity index (χ1) is 9.95. The van der Waals surface area contributed by atoms with Crippen LogP contribution in [-0.4, -0.2) is 26.2 Å². The van der Waals surface area contributed by atoms with Crippen LogP contribution in [0.4, 0.5) is 0 Å². The van der Waals surface area contributed by atoms with Crippen LogP contribution in [0.3, 0.4) is 0 Å². The van der Waals surface area contributed by atoms with Gasteiger partial charge in [-0.25, -0.2) is 8.42 Å². The summed E-state index contributed by atoms with van der Waals surface area (Å²) in [5.41, 5.74) is 0. The monoisotopic (exact) mass is 419 g/mol. The Morgan fingerprint density at radius 1 is 0.857 bits per heavy atom. The van der Waals surface area contributed by atoms with Gasteiger partial charge < -0.3 is 14.0 Å². The summed E-state index contributed by atoms with van der Waals surface area (Å²) < 4.78 is 44.3. The molecule has 0 unspecified atom stereocenters. The lowest BCUT2D eigenvalue weighted by molar-refractivity contribution is 0.217. The van der Waals surface area contributed by atoms with Gasteiger partial charge in [-0.3, -0.25) is 0 Å². The quantitative estimate of drug-likeness (QED) is 0.409. The molecular weight excluding hydrogens is 407 g/mol. The molecule has 0 bridgehead atoms. The molecule has 0 spiro atoms. The van der Waals surface area contributed by atoms with Crippen molar-refractivity contribution in [2.75, 3.05) is 13.2 Å². The molecule has 0 aliphatic carbocycles. The molecule has 2 aromatic rings. The maximum absolute atomic E-state index is 10.8. The first-order valence-corrected chi connectivity index (χ1v) is 8.51. The highest BCUT2D eigenvalue weighted by molar-refractivity contribution is 14.1. The zero-order valence-electron chi connectivity index (χ0n) is 10.9. The minimum Gasteiger partial charge on any atom is -0.744 e. The summed E-state index contributed by atoms with van der Waals surface area (Å²) >= 11 is 2.21. The summed E-state index contributed by atoms with van der Waals surface area (Å²) in [5.74, 6) is 1.24. The van der Waals surface area contributed by atoms with Gasteiger partial charge in [0.1, 0.15) is 34.8 Å². The van der Waals surface area contributed by atoms with E-state index in [0.29, 0.717) is 19.0 Å². The van der Waals surface area contributed by atoms with Gasteiger partial charge in [-0.15, -0.1) is 0 Å². The minimum atomic E-state index is -4.42. The van der Waals surface area contributed by atoms with E-state index in [0.717, 1.165) is 9.32 Å². The van der Waals surface area contributed by atoms with E-state index >= 15 is 0 Å². The number of benzene rings is 2. The number of ether oxygens (including phenoxy) is 2. The maximum atomic E-state index is 10.8. The van der Waals surface area contributed by atoms with Crippen molar-refractivity contribution in [2.24, 2.45) is 0 Å². The molecule has 0 radical (unpaired) electrons. The molecule has 0 atom stereocenters. The van der Waals surface area contributed by atoms with Crippen molar-refractivity contribution in [2.45, 2.75) is 4.90 Å². The molecule has 0 aromatic heterocycles. The average Bonchev–Trinajstić information content (AvgIpc) is 2.45. The second kappa shape index (κ2) is 7.10. The van der Waals surface area contributed by atoms with Gasteiger partial charge in [0.25, 0.3) is 0 Å². The Bertz CT molecular complexity index is 680. The van der Waals surface area contributed by atoms with Gasteiger partial charge in [0.15, 0.2) is 0 Å². The van der Waals surface area contributed by atoms with Gasteiger partial charge in [-0.2, -0.15) is 0 Å². The SMILES string of the molecule is O=S(=O)([O-])c1ccc(OCCOc2ccc(I)cc2)cc1. The van der Waals surface area contributed by atoms with Crippen LogP contribution in [0.15, 0.2) is 53.4 Å². The van der Waals surface area contributed by atoms with E-state index in [1.54, 1.807) is 0 Å². The summed E-state index contributed by atoms with van der Waals surface area (Å²) in [6, 6.07) is 12.9. The van der Waals surface area contributed by atoms with Crippen LogP contribution < -0.4 is 9.47 Å². The van der Waals surface area contributed by atoms with Crippen LogP contribution in [-0.2, 0) is 10.1 Å². The number of hydrogen-bond acceptors (Lipinski definition) is 5. The van der Waals surface area contributed by atoms with E-state index in [1.165, 1.54) is 24.3 Å². The van der Waals surface area contributed by atoms with Crippen LogP contribution >= 0.6 is 22.6 Å². The van der Waals surface area contributed by atoms with E-state index in [2.05, 4.69) is 22.6 Å². The third-order valence-electron chi connectivity index (χ3n) is 2.55. The van der Waals surface area contributed by atoms with Gasteiger partial charge in [0.2, 0.25) is 0 Å². The first-order valence-electron chi connectivity index (χ1n) is 6.02. The zero-order valence-corrected chi connectivity index (χ0v) is 13.8. The van der Waals surface area contributed by atoms with E-state index in [-0.39, 0.29) is 4.90 Å². The predicted octanol–water partition coefficient (Wildman–Crippen LogP) is 2.65. The molecule has 0 saturated heterocycles. The average molecular weight is 419 g/mol. The Labute approximate surface area is 136 Å². The molecular formula is C14H12IO5S-. The van der Waals surface area contributed by atoms with Crippen LogP contribution in [0.2, 0.25) is 0 Å². The Hall–Kier alpha value is -1.32. The van der Waals surface area contributed by atoms with E-state index in [4.69, 9.17) is 9.47 Å². The molecule has 2 aromatic carbocycles. The first kappa shape index (κ1) is 16.1. The maximum Gasteiger partial charge on any atom is 0.124 e. The minimum absolute atomic E-state index is 0.273. The fourth-order valence-corrected chi connectivity index (χ4v) is 2.38. The molecule has 0 heterocycles. The third-order valence-corrected chi connectivity index (χ3v) is 4.12. The molecule has 0 N–H and O–H groups in total. The number of rotatable bonds is 6. The molecule has 21 heavy (non-hydrogen) atoms. The Morgan fingerprint density at radius 2 is 1.29 bits per heavy atom. The van der Waals surface area contributed by atoms with Gasteiger partial charge in [-0.05, 0) is 71.1 Å². The highest BCUT2D eigenvalue weighted by Gasteiger charge is 2.01. The lowest BCUT2D eigenvalue weighted by Crippen LogP contribution is -2.09.